The Labute approximate surface area is 169 Å². The monoisotopic (exact) mass is 401 g/mol. The average Bonchev–Trinajstić information content (AvgIpc) is 2.70. The van der Waals surface area contributed by atoms with Crippen molar-refractivity contribution in [2.45, 2.75) is 19.4 Å². The molecule has 2 heterocycles. The summed E-state index contributed by atoms with van der Waals surface area (Å²) >= 11 is 12.6. The van der Waals surface area contributed by atoms with Gasteiger partial charge in [0.2, 0.25) is 0 Å². The van der Waals surface area contributed by atoms with E-state index >= 15 is 0 Å². The quantitative estimate of drug-likeness (QED) is 0.586. The number of rotatable bonds is 5. The number of aromatic nitrogens is 2. The number of ether oxygens (including phenoxy) is 1. The number of benzene rings is 2. The normalized spacial score (nSPS) is 15.9. The van der Waals surface area contributed by atoms with Crippen molar-refractivity contribution in [3.63, 3.8) is 0 Å². The summed E-state index contributed by atoms with van der Waals surface area (Å²) in [6.45, 7) is 3.56. The molecule has 0 bridgehead atoms. The Bertz CT molecular complexity index is 901. The highest BCUT2D eigenvalue weighted by Crippen LogP contribution is 2.29. The Morgan fingerprint density at radius 3 is 2.56 bits per heavy atom. The van der Waals surface area contributed by atoms with Gasteiger partial charge in [-0.3, -0.25) is 4.90 Å². The third-order valence-corrected chi connectivity index (χ3v) is 5.84. The minimum atomic E-state index is 0.544. The van der Waals surface area contributed by atoms with Crippen LogP contribution in [0.25, 0.3) is 10.9 Å². The van der Waals surface area contributed by atoms with Gasteiger partial charge >= 0.3 is 0 Å². The van der Waals surface area contributed by atoms with Crippen molar-refractivity contribution in [1.29, 1.82) is 0 Å². The molecule has 4 nitrogen and oxygen atoms in total. The van der Waals surface area contributed by atoms with E-state index < -0.39 is 0 Å². The summed E-state index contributed by atoms with van der Waals surface area (Å²) in [5, 5.41) is 2.45. The standard InChI is InChI=1S/C21H21Cl2N3O/c22-18-3-1-4-19(23)17(18)12-26-9-7-15(8-10-26)13-27-21-6-2-5-20-16(21)11-24-14-25-20/h1-6,11,14-15H,7-10,12-13H2. The first-order valence-corrected chi connectivity index (χ1v) is 9.93. The van der Waals surface area contributed by atoms with Crippen LogP contribution in [0.2, 0.25) is 10.0 Å². The van der Waals surface area contributed by atoms with E-state index in [-0.39, 0.29) is 0 Å². The molecule has 0 radical (unpaired) electrons. The number of hydrogen-bond donors (Lipinski definition) is 0. The molecule has 140 valence electrons. The molecule has 2 aromatic carbocycles. The fourth-order valence-corrected chi connectivity index (χ4v) is 4.05. The lowest BCUT2D eigenvalue weighted by Crippen LogP contribution is -2.35. The molecule has 0 atom stereocenters. The maximum absolute atomic E-state index is 6.30. The molecule has 1 aliphatic rings. The van der Waals surface area contributed by atoms with E-state index in [9.17, 15) is 0 Å². The van der Waals surface area contributed by atoms with E-state index in [0.29, 0.717) is 12.5 Å². The zero-order valence-corrected chi connectivity index (χ0v) is 16.5. The first kappa shape index (κ1) is 18.5. The number of piperidine rings is 1. The summed E-state index contributed by atoms with van der Waals surface area (Å²) in [5.41, 5.74) is 1.93. The van der Waals surface area contributed by atoms with Gasteiger partial charge in [-0.25, -0.2) is 9.97 Å². The predicted molar refractivity (Wildman–Crippen MR) is 109 cm³/mol. The van der Waals surface area contributed by atoms with E-state index in [2.05, 4.69) is 14.9 Å². The molecule has 0 aliphatic carbocycles. The topological polar surface area (TPSA) is 38.2 Å². The van der Waals surface area contributed by atoms with Crippen LogP contribution in [-0.4, -0.2) is 34.6 Å². The van der Waals surface area contributed by atoms with Gasteiger partial charge < -0.3 is 4.74 Å². The maximum Gasteiger partial charge on any atom is 0.130 e. The molecule has 3 aromatic rings. The third kappa shape index (κ3) is 4.34. The van der Waals surface area contributed by atoms with Gasteiger partial charge in [0, 0.05) is 28.4 Å². The van der Waals surface area contributed by atoms with Gasteiger partial charge in [0.1, 0.15) is 12.1 Å². The van der Waals surface area contributed by atoms with E-state index in [1.807, 2.05) is 42.6 Å². The van der Waals surface area contributed by atoms with Crippen molar-refractivity contribution >= 4 is 34.1 Å². The summed E-state index contributed by atoms with van der Waals surface area (Å²) in [6, 6.07) is 11.6. The van der Waals surface area contributed by atoms with Gasteiger partial charge in [0.05, 0.1) is 17.5 Å². The lowest BCUT2D eigenvalue weighted by atomic mass is 9.97. The van der Waals surface area contributed by atoms with Crippen LogP contribution in [0.1, 0.15) is 18.4 Å². The predicted octanol–water partition coefficient (Wildman–Crippen LogP) is 5.23. The SMILES string of the molecule is Clc1cccc(Cl)c1CN1CCC(COc2cccc3ncncc23)CC1. The fourth-order valence-electron chi connectivity index (χ4n) is 3.53. The molecule has 0 spiro atoms. The van der Waals surface area contributed by atoms with Gasteiger partial charge in [0.15, 0.2) is 0 Å². The molecule has 0 N–H and O–H groups in total. The summed E-state index contributed by atoms with van der Waals surface area (Å²) in [4.78, 5) is 10.8. The molecular weight excluding hydrogens is 381 g/mol. The van der Waals surface area contributed by atoms with Gasteiger partial charge in [0.25, 0.3) is 0 Å². The second-order valence-corrected chi connectivity index (χ2v) is 7.76. The molecule has 0 saturated carbocycles. The van der Waals surface area contributed by atoms with Crippen LogP contribution in [0.3, 0.4) is 0 Å². The second-order valence-electron chi connectivity index (χ2n) is 6.94. The minimum absolute atomic E-state index is 0.544. The van der Waals surface area contributed by atoms with Crippen molar-refractivity contribution in [1.82, 2.24) is 14.9 Å². The van der Waals surface area contributed by atoms with Crippen LogP contribution in [0.4, 0.5) is 0 Å². The van der Waals surface area contributed by atoms with E-state index in [1.165, 1.54) is 0 Å². The zero-order valence-electron chi connectivity index (χ0n) is 14.9. The van der Waals surface area contributed by atoms with Gasteiger partial charge in [-0.05, 0) is 56.1 Å². The summed E-state index contributed by atoms with van der Waals surface area (Å²) in [6.07, 6.45) is 5.58. The molecule has 1 aromatic heterocycles. The lowest BCUT2D eigenvalue weighted by molar-refractivity contribution is 0.137. The smallest absolute Gasteiger partial charge is 0.130 e. The van der Waals surface area contributed by atoms with Gasteiger partial charge in [-0.2, -0.15) is 0 Å². The lowest BCUT2D eigenvalue weighted by Gasteiger charge is -2.32. The number of nitrogens with zero attached hydrogens (tertiary/aromatic N) is 3. The Balaban J connectivity index is 1.32. The van der Waals surface area contributed by atoms with Gasteiger partial charge in [-0.1, -0.05) is 35.3 Å². The summed E-state index contributed by atoms with van der Waals surface area (Å²) in [5.74, 6) is 1.40. The largest absolute Gasteiger partial charge is 0.493 e. The highest BCUT2D eigenvalue weighted by Gasteiger charge is 2.21. The number of hydrogen-bond acceptors (Lipinski definition) is 4. The van der Waals surface area contributed by atoms with Crippen LogP contribution >= 0.6 is 23.2 Å². The van der Waals surface area contributed by atoms with Crippen LogP contribution in [0.5, 0.6) is 5.75 Å². The molecule has 0 amide bonds. The molecule has 27 heavy (non-hydrogen) atoms. The molecule has 1 fully saturated rings. The Hall–Kier alpha value is -1.88. The van der Waals surface area contributed by atoms with Gasteiger partial charge in [-0.15, -0.1) is 0 Å². The summed E-state index contributed by atoms with van der Waals surface area (Å²) < 4.78 is 6.11. The molecule has 0 unspecified atom stereocenters. The zero-order chi connectivity index (χ0) is 18.6. The van der Waals surface area contributed by atoms with E-state index in [0.717, 1.165) is 64.7 Å². The van der Waals surface area contributed by atoms with Crippen molar-refractivity contribution in [3.05, 3.63) is 64.5 Å². The van der Waals surface area contributed by atoms with Crippen LogP contribution in [0.15, 0.2) is 48.9 Å². The molecule has 4 rings (SSSR count). The third-order valence-electron chi connectivity index (χ3n) is 5.14. The maximum atomic E-state index is 6.30. The van der Waals surface area contributed by atoms with Crippen LogP contribution < -0.4 is 4.74 Å². The van der Waals surface area contributed by atoms with Crippen LogP contribution in [-0.2, 0) is 6.54 Å². The second kappa shape index (κ2) is 8.42. The van der Waals surface area contributed by atoms with E-state index in [1.54, 1.807) is 6.33 Å². The Morgan fingerprint density at radius 2 is 1.78 bits per heavy atom. The van der Waals surface area contributed by atoms with Crippen LogP contribution in [0, 0.1) is 5.92 Å². The van der Waals surface area contributed by atoms with Crippen molar-refractivity contribution < 1.29 is 4.74 Å². The number of halogens is 2. The molecule has 1 saturated heterocycles. The van der Waals surface area contributed by atoms with E-state index in [4.69, 9.17) is 27.9 Å². The first-order chi connectivity index (χ1) is 13.2. The van der Waals surface area contributed by atoms with Crippen molar-refractivity contribution in [2.24, 2.45) is 5.92 Å². The Kier molecular flexibility index (Phi) is 5.77. The minimum Gasteiger partial charge on any atom is -0.493 e. The number of fused-ring (bicyclic) bond motifs is 1. The highest BCUT2D eigenvalue weighted by molar-refractivity contribution is 6.35. The number of likely N-dealkylation sites (tertiary alicyclic amines) is 1. The highest BCUT2D eigenvalue weighted by atomic mass is 35.5. The first-order valence-electron chi connectivity index (χ1n) is 9.17. The molecule has 1 aliphatic heterocycles. The summed E-state index contributed by atoms with van der Waals surface area (Å²) in [7, 11) is 0. The van der Waals surface area contributed by atoms with Crippen molar-refractivity contribution in [2.75, 3.05) is 19.7 Å². The van der Waals surface area contributed by atoms with Crippen molar-refractivity contribution in [3.8, 4) is 5.75 Å². The molecule has 6 heteroatoms. The molecular formula is C21H21Cl2N3O. The fraction of sp³-hybridized carbons (Fsp3) is 0.333. The average molecular weight is 402 g/mol. The Morgan fingerprint density at radius 1 is 1.04 bits per heavy atom.